The molecule has 27 heavy (non-hydrogen) atoms. The van der Waals surface area contributed by atoms with Gasteiger partial charge in [0.25, 0.3) is 0 Å². The van der Waals surface area contributed by atoms with Crippen molar-refractivity contribution in [1.82, 2.24) is 30.5 Å². The number of nitrogens with zero attached hydrogens (tertiary/aromatic N) is 4. The first-order chi connectivity index (χ1) is 13.2. The summed E-state index contributed by atoms with van der Waals surface area (Å²) in [6, 6.07) is 7.52. The molecule has 0 radical (unpaired) electrons. The average Bonchev–Trinajstić information content (AvgIpc) is 3.32. The summed E-state index contributed by atoms with van der Waals surface area (Å²) < 4.78 is 1.87. The molecule has 1 fully saturated rings. The van der Waals surface area contributed by atoms with E-state index in [9.17, 15) is 9.90 Å². The standard InChI is InChI=1S/C19H24N6O2/c26-19(27)17(10-13-11-20-16-9-5-4-8-15(13)16)21-12-18-22-23-24-25(18)14-6-2-1-3-7-14/h4-5,8-9,11,14,17,20-21H,1-3,6-7,10,12H2,(H,26,27)/t17-/m0/s1. The second-order valence-corrected chi connectivity index (χ2v) is 7.17. The van der Waals surface area contributed by atoms with Crippen molar-refractivity contribution < 1.29 is 9.90 Å². The van der Waals surface area contributed by atoms with Gasteiger partial charge in [0.05, 0.1) is 12.6 Å². The van der Waals surface area contributed by atoms with Crippen molar-refractivity contribution in [1.29, 1.82) is 0 Å². The largest absolute Gasteiger partial charge is 0.480 e. The zero-order chi connectivity index (χ0) is 18.6. The monoisotopic (exact) mass is 368 g/mol. The van der Waals surface area contributed by atoms with Crippen molar-refractivity contribution in [2.24, 2.45) is 0 Å². The van der Waals surface area contributed by atoms with Crippen LogP contribution in [-0.2, 0) is 17.8 Å². The Morgan fingerprint density at radius 1 is 1.30 bits per heavy atom. The van der Waals surface area contributed by atoms with Crippen molar-refractivity contribution >= 4 is 16.9 Å². The molecule has 1 atom stereocenters. The molecular weight excluding hydrogens is 344 g/mol. The van der Waals surface area contributed by atoms with Gasteiger partial charge in [0, 0.05) is 23.5 Å². The predicted molar refractivity (Wildman–Crippen MR) is 100 cm³/mol. The fourth-order valence-corrected chi connectivity index (χ4v) is 3.92. The Kier molecular flexibility index (Phi) is 5.15. The molecule has 2 heterocycles. The zero-order valence-electron chi connectivity index (χ0n) is 15.1. The second-order valence-electron chi connectivity index (χ2n) is 7.17. The summed E-state index contributed by atoms with van der Waals surface area (Å²) in [6.07, 6.45) is 8.08. The molecule has 1 aromatic carbocycles. The highest BCUT2D eigenvalue weighted by molar-refractivity contribution is 5.84. The van der Waals surface area contributed by atoms with E-state index < -0.39 is 12.0 Å². The molecule has 1 aliphatic carbocycles. The van der Waals surface area contributed by atoms with E-state index in [2.05, 4.69) is 25.8 Å². The molecule has 0 bridgehead atoms. The van der Waals surface area contributed by atoms with Gasteiger partial charge in [0.2, 0.25) is 0 Å². The number of hydrogen-bond acceptors (Lipinski definition) is 5. The molecule has 3 aromatic rings. The van der Waals surface area contributed by atoms with E-state index >= 15 is 0 Å². The van der Waals surface area contributed by atoms with Gasteiger partial charge in [0.1, 0.15) is 6.04 Å². The number of hydrogen-bond donors (Lipinski definition) is 3. The van der Waals surface area contributed by atoms with E-state index in [1.54, 1.807) is 0 Å². The maximum Gasteiger partial charge on any atom is 0.321 e. The van der Waals surface area contributed by atoms with E-state index in [0.717, 1.165) is 29.3 Å². The first-order valence-corrected chi connectivity index (χ1v) is 9.50. The molecule has 1 saturated carbocycles. The molecule has 0 saturated heterocycles. The third-order valence-corrected chi connectivity index (χ3v) is 5.39. The molecule has 3 N–H and O–H groups in total. The molecule has 0 amide bonds. The van der Waals surface area contributed by atoms with Gasteiger partial charge in [-0.05, 0) is 34.9 Å². The third-order valence-electron chi connectivity index (χ3n) is 5.39. The minimum Gasteiger partial charge on any atom is -0.480 e. The second kappa shape index (κ2) is 7.87. The lowest BCUT2D eigenvalue weighted by atomic mass is 9.95. The zero-order valence-corrected chi connectivity index (χ0v) is 15.1. The number of benzene rings is 1. The molecule has 8 heteroatoms. The Morgan fingerprint density at radius 3 is 2.93 bits per heavy atom. The normalized spacial score (nSPS) is 16.6. The van der Waals surface area contributed by atoms with Crippen LogP contribution in [0.4, 0.5) is 0 Å². The number of carbonyl (C=O) groups is 1. The Bertz CT molecular complexity index is 912. The lowest BCUT2D eigenvalue weighted by Crippen LogP contribution is -2.39. The van der Waals surface area contributed by atoms with Gasteiger partial charge in [-0.15, -0.1) is 5.10 Å². The smallest absolute Gasteiger partial charge is 0.321 e. The van der Waals surface area contributed by atoms with Gasteiger partial charge in [0.15, 0.2) is 5.82 Å². The summed E-state index contributed by atoms with van der Waals surface area (Å²) in [5.74, 6) is -0.177. The van der Waals surface area contributed by atoms with E-state index in [0.29, 0.717) is 24.8 Å². The van der Waals surface area contributed by atoms with Crippen molar-refractivity contribution in [3.8, 4) is 0 Å². The third kappa shape index (κ3) is 3.85. The van der Waals surface area contributed by atoms with Gasteiger partial charge in [-0.2, -0.15) is 0 Å². The number of nitrogens with one attached hydrogen (secondary N) is 2. The number of carboxylic acid groups (broad SMARTS) is 1. The summed E-state index contributed by atoms with van der Waals surface area (Å²) in [7, 11) is 0. The van der Waals surface area contributed by atoms with Crippen molar-refractivity contribution in [3.05, 3.63) is 41.9 Å². The lowest BCUT2D eigenvalue weighted by Gasteiger charge is -2.22. The maximum atomic E-state index is 11.8. The van der Waals surface area contributed by atoms with E-state index in [4.69, 9.17) is 0 Å². The average molecular weight is 368 g/mol. The molecule has 4 rings (SSSR count). The van der Waals surface area contributed by atoms with Crippen LogP contribution in [0, 0.1) is 0 Å². The fourth-order valence-electron chi connectivity index (χ4n) is 3.92. The minimum atomic E-state index is -0.878. The minimum absolute atomic E-state index is 0.322. The topological polar surface area (TPSA) is 109 Å². The number of aliphatic carboxylic acids is 1. The maximum absolute atomic E-state index is 11.8. The number of fused-ring (bicyclic) bond motifs is 1. The molecule has 1 aliphatic rings. The van der Waals surface area contributed by atoms with Crippen molar-refractivity contribution in [2.45, 2.75) is 57.2 Å². The van der Waals surface area contributed by atoms with Crippen LogP contribution in [-0.4, -0.2) is 42.3 Å². The van der Waals surface area contributed by atoms with Crippen molar-refractivity contribution in [3.63, 3.8) is 0 Å². The number of aromatic amines is 1. The Balaban J connectivity index is 1.45. The van der Waals surface area contributed by atoms with Crippen LogP contribution in [0.5, 0.6) is 0 Å². The Morgan fingerprint density at radius 2 is 2.11 bits per heavy atom. The SMILES string of the molecule is O=C(O)[C@H](Cc1c[nH]c2ccccc12)NCc1nnnn1C1CCCCC1. The Labute approximate surface area is 157 Å². The number of H-pyrrole nitrogens is 1. The van der Waals surface area contributed by atoms with Gasteiger partial charge >= 0.3 is 5.97 Å². The number of rotatable bonds is 7. The van der Waals surface area contributed by atoms with E-state index in [1.165, 1.54) is 19.3 Å². The quantitative estimate of drug-likeness (QED) is 0.591. The molecule has 142 valence electrons. The molecule has 0 unspecified atom stereocenters. The van der Waals surface area contributed by atoms with E-state index in [1.807, 2.05) is 35.1 Å². The highest BCUT2D eigenvalue weighted by Crippen LogP contribution is 2.27. The predicted octanol–water partition coefficient (Wildman–Crippen LogP) is 2.45. The summed E-state index contributed by atoms with van der Waals surface area (Å²) >= 11 is 0. The highest BCUT2D eigenvalue weighted by atomic mass is 16.4. The first kappa shape index (κ1) is 17.7. The number of para-hydroxylation sites is 1. The molecule has 2 aromatic heterocycles. The first-order valence-electron chi connectivity index (χ1n) is 9.50. The fraction of sp³-hybridized carbons (Fsp3) is 0.474. The Hall–Kier alpha value is -2.74. The molecule has 8 nitrogen and oxygen atoms in total. The number of carboxylic acids is 1. The van der Waals surface area contributed by atoms with Crippen LogP contribution < -0.4 is 5.32 Å². The van der Waals surface area contributed by atoms with Crippen molar-refractivity contribution in [2.75, 3.05) is 0 Å². The van der Waals surface area contributed by atoms with Crippen LogP contribution in [0.2, 0.25) is 0 Å². The van der Waals surface area contributed by atoms with Gasteiger partial charge in [-0.3, -0.25) is 10.1 Å². The molecule has 0 aliphatic heterocycles. The molecular formula is C19H24N6O2. The van der Waals surface area contributed by atoms with E-state index in [-0.39, 0.29) is 0 Å². The van der Waals surface area contributed by atoms with Gasteiger partial charge < -0.3 is 10.1 Å². The van der Waals surface area contributed by atoms with Crippen LogP contribution in [0.15, 0.2) is 30.5 Å². The van der Waals surface area contributed by atoms with Crippen LogP contribution in [0.25, 0.3) is 10.9 Å². The lowest BCUT2D eigenvalue weighted by molar-refractivity contribution is -0.139. The number of tetrazole rings is 1. The van der Waals surface area contributed by atoms with Crippen LogP contribution >= 0.6 is 0 Å². The van der Waals surface area contributed by atoms with Gasteiger partial charge in [-0.1, -0.05) is 37.5 Å². The van der Waals surface area contributed by atoms with Crippen LogP contribution in [0.1, 0.15) is 49.5 Å². The molecule has 0 spiro atoms. The summed E-state index contributed by atoms with van der Waals surface area (Å²) in [5, 5.41) is 25.9. The summed E-state index contributed by atoms with van der Waals surface area (Å²) in [6.45, 7) is 0.336. The number of aromatic nitrogens is 5. The summed E-state index contributed by atoms with van der Waals surface area (Å²) in [5.41, 5.74) is 2.00. The van der Waals surface area contributed by atoms with Crippen LogP contribution in [0.3, 0.4) is 0 Å². The van der Waals surface area contributed by atoms with Gasteiger partial charge in [-0.25, -0.2) is 4.68 Å². The summed E-state index contributed by atoms with van der Waals surface area (Å²) in [4.78, 5) is 15.0. The highest BCUT2D eigenvalue weighted by Gasteiger charge is 2.23.